The van der Waals surface area contributed by atoms with E-state index in [0.29, 0.717) is 12.1 Å². The third-order valence-corrected chi connectivity index (χ3v) is 2.89. The van der Waals surface area contributed by atoms with Gasteiger partial charge in [0.15, 0.2) is 17.7 Å². The lowest BCUT2D eigenvalue weighted by Gasteiger charge is -2.20. The number of amides is 3. The van der Waals surface area contributed by atoms with E-state index >= 15 is 0 Å². The molecule has 1 atom stereocenters. The Labute approximate surface area is 129 Å². The van der Waals surface area contributed by atoms with Gasteiger partial charge in [0.25, 0.3) is 5.91 Å². The molecule has 0 aromatic heterocycles. The van der Waals surface area contributed by atoms with Crippen LogP contribution in [0.4, 0.5) is 13.6 Å². The van der Waals surface area contributed by atoms with E-state index in [9.17, 15) is 23.2 Å². The van der Waals surface area contributed by atoms with Gasteiger partial charge in [-0.25, -0.2) is 18.4 Å². The Bertz CT molecular complexity index is 622. The Balaban J connectivity index is 2.99. The maximum atomic E-state index is 13.2. The Hall–Kier alpha value is -2.22. The summed E-state index contributed by atoms with van der Waals surface area (Å²) in [6.07, 6.45) is -1.36. The zero-order chi connectivity index (χ0) is 17.0. The maximum absolute atomic E-state index is 13.2. The van der Waals surface area contributed by atoms with Gasteiger partial charge in [-0.1, -0.05) is 25.4 Å². The number of nitrogens with one attached hydrogen (secondary N) is 1. The zero-order valence-electron chi connectivity index (χ0n) is 11.7. The van der Waals surface area contributed by atoms with Gasteiger partial charge >= 0.3 is 12.0 Å². The molecule has 3 amide bonds. The number of carbonyl (C=O) groups is 3. The van der Waals surface area contributed by atoms with E-state index in [1.54, 1.807) is 19.2 Å². The summed E-state index contributed by atoms with van der Waals surface area (Å²) in [6, 6.07) is 0.0580. The van der Waals surface area contributed by atoms with Crippen LogP contribution in [-0.4, -0.2) is 24.0 Å². The molecule has 1 rings (SSSR count). The third-order valence-electron chi connectivity index (χ3n) is 2.57. The van der Waals surface area contributed by atoms with Crippen molar-refractivity contribution in [3.05, 3.63) is 34.4 Å². The number of esters is 1. The van der Waals surface area contributed by atoms with Crippen LogP contribution >= 0.6 is 11.6 Å². The molecule has 0 aliphatic carbocycles. The summed E-state index contributed by atoms with van der Waals surface area (Å²) < 4.78 is 31.0. The SMILES string of the molecule is CC(C)[C@H](OC(=O)c1cc(F)c(F)cc1Cl)C(=O)NC(N)=O. The molecule has 0 spiro atoms. The molecule has 0 heterocycles. The second kappa shape index (κ2) is 7.17. The molecule has 3 N–H and O–H groups in total. The van der Waals surface area contributed by atoms with E-state index in [1.165, 1.54) is 0 Å². The average molecular weight is 335 g/mol. The largest absolute Gasteiger partial charge is 0.448 e. The maximum Gasteiger partial charge on any atom is 0.340 e. The first-order valence-corrected chi connectivity index (χ1v) is 6.47. The molecule has 9 heteroatoms. The number of hydrogen-bond donors (Lipinski definition) is 2. The van der Waals surface area contributed by atoms with Crippen LogP contribution in [0.3, 0.4) is 0 Å². The number of urea groups is 1. The summed E-state index contributed by atoms with van der Waals surface area (Å²) in [4.78, 5) is 34.3. The monoisotopic (exact) mass is 334 g/mol. The van der Waals surface area contributed by atoms with Gasteiger partial charge in [0.2, 0.25) is 0 Å². The number of halogens is 3. The molecule has 0 aliphatic heterocycles. The summed E-state index contributed by atoms with van der Waals surface area (Å²) in [6.45, 7) is 3.09. The normalized spacial score (nSPS) is 11.9. The van der Waals surface area contributed by atoms with Crippen LogP contribution in [0.15, 0.2) is 12.1 Å². The molecule has 1 aromatic carbocycles. The first-order valence-electron chi connectivity index (χ1n) is 6.09. The number of carbonyl (C=O) groups excluding carboxylic acids is 3. The summed E-state index contributed by atoms with van der Waals surface area (Å²) in [5.74, 6) is -5.10. The van der Waals surface area contributed by atoms with Crippen molar-refractivity contribution < 1.29 is 27.9 Å². The second-order valence-corrected chi connectivity index (χ2v) is 5.08. The average Bonchev–Trinajstić information content (AvgIpc) is 2.38. The van der Waals surface area contributed by atoms with Gasteiger partial charge in [0.05, 0.1) is 10.6 Å². The predicted octanol–water partition coefficient (Wildman–Crippen LogP) is 1.99. The number of rotatable bonds is 4. The van der Waals surface area contributed by atoms with Gasteiger partial charge in [-0.05, 0) is 18.1 Å². The molecule has 120 valence electrons. The molecule has 22 heavy (non-hydrogen) atoms. The number of ether oxygens (including phenoxy) is 1. The molecule has 0 saturated heterocycles. The van der Waals surface area contributed by atoms with E-state index < -0.39 is 47.1 Å². The van der Waals surface area contributed by atoms with Crippen LogP contribution < -0.4 is 11.1 Å². The van der Waals surface area contributed by atoms with Crippen molar-refractivity contribution in [1.29, 1.82) is 0 Å². The van der Waals surface area contributed by atoms with Crippen LogP contribution in [0.2, 0.25) is 5.02 Å². The smallest absolute Gasteiger partial charge is 0.340 e. The molecule has 1 aromatic rings. The Morgan fingerprint density at radius 3 is 2.27 bits per heavy atom. The number of primary amides is 1. The van der Waals surface area contributed by atoms with Crippen LogP contribution in [-0.2, 0) is 9.53 Å². The molecule has 0 aliphatic rings. The highest BCUT2D eigenvalue weighted by Gasteiger charge is 2.29. The lowest BCUT2D eigenvalue weighted by atomic mass is 10.1. The Morgan fingerprint density at radius 1 is 1.23 bits per heavy atom. The molecule has 0 saturated carbocycles. The summed E-state index contributed by atoms with van der Waals surface area (Å²) in [7, 11) is 0. The number of benzene rings is 1. The molecule has 0 unspecified atom stereocenters. The Morgan fingerprint density at radius 2 is 1.77 bits per heavy atom. The summed E-state index contributed by atoms with van der Waals surface area (Å²) in [5, 5.41) is 1.40. The van der Waals surface area contributed by atoms with E-state index in [-0.39, 0.29) is 5.02 Å². The fourth-order valence-electron chi connectivity index (χ4n) is 1.54. The van der Waals surface area contributed by atoms with Gasteiger partial charge < -0.3 is 10.5 Å². The molecule has 6 nitrogen and oxygen atoms in total. The van der Waals surface area contributed by atoms with Crippen molar-refractivity contribution in [1.82, 2.24) is 5.32 Å². The minimum absolute atomic E-state index is 0.373. The van der Waals surface area contributed by atoms with Gasteiger partial charge in [-0.15, -0.1) is 0 Å². The van der Waals surface area contributed by atoms with Gasteiger partial charge in [-0.3, -0.25) is 10.1 Å². The molecule has 0 bridgehead atoms. The molecular formula is C13H13ClF2N2O4. The summed E-state index contributed by atoms with van der Waals surface area (Å²) >= 11 is 5.64. The minimum atomic E-state index is -1.36. The van der Waals surface area contributed by atoms with Crippen molar-refractivity contribution >= 4 is 29.5 Å². The van der Waals surface area contributed by atoms with Crippen molar-refractivity contribution in [2.45, 2.75) is 20.0 Å². The number of hydrogen-bond acceptors (Lipinski definition) is 4. The molecule has 0 fully saturated rings. The summed E-state index contributed by atoms with van der Waals surface area (Å²) in [5.41, 5.74) is 4.36. The molecular weight excluding hydrogens is 322 g/mol. The topological polar surface area (TPSA) is 98.5 Å². The second-order valence-electron chi connectivity index (χ2n) is 4.67. The third kappa shape index (κ3) is 4.39. The Kier molecular flexibility index (Phi) is 5.81. The predicted molar refractivity (Wildman–Crippen MR) is 73.1 cm³/mol. The first kappa shape index (κ1) is 17.8. The van der Waals surface area contributed by atoms with Crippen molar-refractivity contribution in [2.75, 3.05) is 0 Å². The van der Waals surface area contributed by atoms with E-state index in [4.69, 9.17) is 22.1 Å². The fraction of sp³-hybridized carbons (Fsp3) is 0.308. The number of nitrogens with two attached hydrogens (primary N) is 1. The lowest BCUT2D eigenvalue weighted by molar-refractivity contribution is -0.130. The van der Waals surface area contributed by atoms with Crippen molar-refractivity contribution in [3.8, 4) is 0 Å². The highest BCUT2D eigenvalue weighted by atomic mass is 35.5. The highest BCUT2D eigenvalue weighted by molar-refractivity contribution is 6.33. The van der Waals surface area contributed by atoms with E-state index in [2.05, 4.69) is 0 Å². The van der Waals surface area contributed by atoms with Gasteiger partial charge in [-0.2, -0.15) is 0 Å². The quantitative estimate of drug-likeness (QED) is 0.650. The van der Waals surface area contributed by atoms with Crippen LogP contribution in [0.1, 0.15) is 24.2 Å². The van der Waals surface area contributed by atoms with Gasteiger partial charge in [0.1, 0.15) is 0 Å². The highest BCUT2D eigenvalue weighted by Crippen LogP contribution is 2.22. The van der Waals surface area contributed by atoms with Crippen molar-refractivity contribution in [2.24, 2.45) is 11.7 Å². The zero-order valence-corrected chi connectivity index (χ0v) is 12.4. The minimum Gasteiger partial charge on any atom is -0.448 e. The lowest BCUT2D eigenvalue weighted by Crippen LogP contribution is -2.45. The van der Waals surface area contributed by atoms with E-state index in [0.717, 1.165) is 0 Å². The van der Waals surface area contributed by atoms with Crippen molar-refractivity contribution in [3.63, 3.8) is 0 Å². The van der Waals surface area contributed by atoms with Crippen LogP contribution in [0.25, 0.3) is 0 Å². The standard InChI is InChI=1S/C13H13ClF2N2O4/c1-5(2)10(11(19)18-13(17)21)22-12(20)6-3-8(15)9(16)4-7(6)14/h3-5,10H,1-2H3,(H3,17,18,19,21)/t10-/m0/s1. The van der Waals surface area contributed by atoms with Crippen LogP contribution in [0, 0.1) is 17.6 Å². The van der Waals surface area contributed by atoms with Gasteiger partial charge in [0, 0.05) is 0 Å². The fourth-order valence-corrected chi connectivity index (χ4v) is 1.77. The van der Waals surface area contributed by atoms with E-state index in [1.807, 2.05) is 0 Å². The number of imide groups is 1. The van der Waals surface area contributed by atoms with Crippen LogP contribution in [0.5, 0.6) is 0 Å². The first-order chi connectivity index (χ1) is 10.1. The molecule has 0 radical (unpaired) electrons.